The number of amides is 3. The number of unbranched alkanes of at least 4 members (excludes halogenated alkanes) is 1. The number of rotatable bonds is 9. The standard InChI is InChI=1S/C22H34ClN5O4/c1-31-20-13-19(24)18(23)12-17(20)21(29)26-14-16-4-7-27(15-16)6-3-2-5-25-22(30)28-8-10-32-11-9-28/h12-13,16H,2-11,14-15,24H2,1H3,(H,25,30)(H,26,29)/t16-/m1/s1. The van der Waals surface area contributed by atoms with E-state index in [-0.39, 0.29) is 11.9 Å². The lowest BCUT2D eigenvalue weighted by atomic mass is 10.1. The monoisotopic (exact) mass is 467 g/mol. The van der Waals surface area contributed by atoms with E-state index in [4.69, 9.17) is 26.8 Å². The van der Waals surface area contributed by atoms with Crippen LogP contribution in [0.1, 0.15) is 29.6 Å². The maximum atomic E-state index is 12.6. The molecule has 0 bridgehead atoms. The first kappa shape index (κ1) is 24.4. The van der Waals surface area contributed by atoms with E-state index in [0.29, 0.717) is 67.3 Å². The Morgan fingerprint density at radius 1 is 1.22 bits per heavy atom. The summed E-state index contributed by atoms with van der Waals surface area (Å²) in [7, 11) is 1.50. The zero-order chi connectivity index (χ0) is 22.9. The molecule has 3 amide bonds. The third-order valence-corrected chi connectivity index (χ3v) is 6.29. The molecule has 0 aromatic heterocycles. The summed E-state index contributed by atoms with van der Waals surface area (Å²) in [6.45, 7) is 6.84. The second-order valence-electron chi connectivity index (χ2n) is 8.28. The first-order valence-electron chi connectivity index (χ1n) is 11.2. The summed E-state index contributed by atoms with van der Waals surface area (Å²) in [6.07, 6.45) is 3.03. The van der Waals surface area contributed by atoms with Gasteiger partial charge in [-0.15, -0.1) is 0 Å². The van der Waals surface area contributed by atoms with E-state index in [2.05, 4.69) is 15.5 Å². The second kappa shape index (κ2) is 12.1. The van der Waals surface area contributed by atoms with Gasteiger partial charge < -0.3 is 35.6 Å². The molecule has 1 aromatic rings. The van der Waals surface area contributed by atoms with Crippen molar-refractivity contribution in [2.24, 2.45) is 5.92 Å². The van der Waals surface area contributed by atoms with Gasteiger partial charge in [0.2, 0.25) is 0 Å². The van der Waals surface area contributed by atoms with E-state index in [1.165, 1.54) is 7.11 Å². The Morgan fingerprint density at radius 3 is 2.75 bits per heavy atom. The number of nitrogens with two attached hydrogens (primary N) is 1. The number of anilines is 1. The molecule has 9 nitrogen and oxygen atoms in total. The quantitative estimate of drug-likeness (QED) is 0.377. The van der Waals surface area contributed by atoms with Gasteiger partial charge in [0.25, 0.3) is 5.91 Å². The fourth-order valence-corrected chi connectivity index (χ4v) is 4.23. The Kier molecular flexibility index (Phi) is 9.25. The highest BCUT2D eigenvalue weighted by molar-refractivity contribution is 6.33. The number of carbonyl (C=O) groups excluding carboxylic acids is 2. The third-order valence-electron chi connectivity index (χ3n) is 5.96. The van der Waals surface area contributed by atoms with E-state index in [0.717, 1.165) is 38.9 Å². The minimum Gasteiger partial charge on any atom is -0.496 e. The number of hydrogen-bond acceptors (Lipinski definition) is 6. The number of likely N-dealkylation sites (tertiary alicyclic amines) is 1. The number of ether oxygens (including phenoxy) is 2. The molecule has 32 heavy (non-hydrogen) atoms. The summed E-state index contributed by atoms with van der Waals surface area (Å²) in [4.78, 5) is 28.9. The second-order valence-corrected chi connectivity index (χ2v) is 8.68. The molecule has 0 spiro atoms. The van der Waals surface area contributed by atoms with Crippen molar-refractivity contribution in [3.8, 4) is 5.75 Å². The summed E-state index contributed by atoms with van der Waals surface area (Å²) >= 11 is 6.06. The maximum Gasteiger partial charge on any atom is 0.317 e. The molecule has 178 valence electrons. The SMILES string of the molecule is COc1cc(N)c(Cl)cc1C(=O)NC[C@H]1CCN(CCCCNC(=O)N2CCOCC2)C1. The van der Waals surface area contributed by atoms with Crippen LogP contribution in [0, 0.1) is 5.92 Å². The van der Waals surface area contributed by atoms with Crippen molar-refractivity contribution in [1.29, 1.82) is 0 Å². The van der Waals surface area contributed by atoms with E-state index in [9.17, 15) is 9.59 Å². The number of halogens is 1. The van der Waals surface area contributed by atoms with Crippen LogP contribution in [0.4, 0.5) is 10.5 Å². The molecular weight excluding hydrogens is 434 g/mol. The Balaban J connectivity index is 1.31. The van der Waals surface area contributed by atoms with Crippen molar-refractivity contribution in [3.63, 3.8) is 0 Å². The molecule has 1 atom stereocenters. The van der Waals surface area contributed by atoms with E-state index in [1.54, 1.807) is 17.0 Å². The van der Waals surface area contributed by atoms with Crippen LogP contribution in [0.25, 0.3) is 0 Å². The molecule has 2 heterocycles. The molecule has 0 aliphatic carbocycles. The largest absolute Gasteiger partial charge is 0.496 e. The normalized spacial score (nSPS) is 19.1. The molecule has 2 aliphatic heterocycles. The van der Waals surface area contributed by atoms with Crippen molar-refractivity contribution in [3.05, 3.63) is 22.7 Å². The van der Waals surface area contributed by atoms with Gasteiger partial charge >= 0.3 is 6.03 Å². The Bertz CT molecular complexity index is 788. The van der Waals surface area contributed by atoms with Crippen LogP contribution in [0.3, 0.4) is 0 Å². The van der Waals surface area contributed by atoms with Crippen LogP contribution in [0.2, 0.25) is 5.02 Å². The lowest BCUT2D eigenvalue weighted by molar-refractivity contribution is 0.0532. The van der Waals surface area contributed by atoms with Crippen molar-refractivity contribution in [2.75, 3.05) is 71.9 Å². The number of nitrogens with zero attached hydrogens (tertiary/aromatic N) is 2. The van der Waals surface area contributed by atoms with Crippen molar-refractivity contribution < 1.29 is 19.1 Å². The fourth-order valence-electron chi connectivity index (χ4n) is 4.06. The molecule has 10 heteroatoms. The van der Waals surface area contributed by atoms with Gasteiger partial charge in [-0.2, -0.15) is 0 Å². The van der Waals surface area contributed by atoms with Crippen molar-refractivity contribution in [2.45, 2.75) is 19.3 Å². The molecule has 3 rings (SSSR count). The summed E-state index contributed by atoms with van der Waals surface area (Å²) in [5, 5.41) is 6.32. The first-order chi connectivity index (χ1) is 15.5. The highest BCUT2D eigenvalue weighted by atomic mass is 35.5. The third kappa shape index (κ3) is 6.88. The van der Waals surface area contributed by atoms with Crippen molar-refractivity contribution >= 4 is 29.2 Å². The van der Waals surface area contributed by atoms with E-state index in [1.807, 2.05) is 0 Å². The average molecular weight is 468 g/mol. The van der Waals surface area contributed by atoms with Gasteiger partial charge in [0.05, 0.1) is 36.6 Å². The lowest BCUT2D eigenvalue weighted by Gasteiger charge is -2.27. The number of nitrogens with one attached hydrogen (secondary N) is 2. The maximum absolute atomic E-state index is 12.6. The number of nitrogen functional groups attached to an aromatic ring is 1. The molecule has 2 aliphatic rings. The number of benzene rings is 1. The van der Waals surface area contributed by atoms with Crippen LogP contribution in [0.15, 0.2) is 12.1 Å². The van der Waals surface area contributed by atoms with Gasteiger partial charge in [-0.25, -0.2) is 4.79 Å². The van der Waals surface area contributed by atoms with E-state index >= 15 is 0 Å². The van der Waals surface area contributed by atoms with Gasteiger partial charge in [-0.3, -0.25) is 4.79 Å². The molecule has 0 unspecified atom stereocenters. The van der Waals surface area contributed by atoms with Crippen LogP contribution >= 0.6 is 11.6 Å². The Labute approximate surface area is 194 Å². The number of methoxy groups -OCH3 is 1. The number of hydrogen-bond donors (Lipinski definition) is 3. The average Bonchev–Trinajstić information content (AvgIpc) is 3.26. The fraction of sp³-hybridized carbons (Fsp3) is 0.636. The minimum atomic E-state index is -0.210. The first-order valence-corrected chi connectivity index (χ1v) is 11.6. The Hall–Kier alpha value is -2.23. The van der Waals surface area contributed by atoms with Crippen LogP contribution in [0.5, 0.6) is 5.75 Å². The van der Waals surface area contributed by atoms with Crippen LogP contribution < -0.4 is 21.1 Å². The molecule has 2 fully saturated rings. The highest BCUT2D eigenvalue weighted by Gasteiger charge is 2.23. The van der Waals surface area contributed by atoms with Crippen LogP contribution in [-0.2, 0) is 4.74 Å². The summed E-state index contributed by atoms with van der Waals surface area (Å²) < 4.78 is 10.5. The van der Waals surface area contributed by atoms with Gasteiger partial charge in [0.15, 0.2) is 0 Å². The predicted octanol–water partition coefficient (Wildman–Crippen LogP) is 1.80. The van der Waals surface area contributed by atoms with Gasteiger partial charge in [0.1, 0.15) is 5.75 Å². The molecule has 1 aromatic carbocycles. The number of morpholine rings is 1. The zero-order valence-corrected chi connectivity index (χ0v) is 19.5. The highest BCUT2D eigenvalue weighted by Crippen LogP contribution is 2.28. The lowest BCUT2D eigenvalue weighted by Crippen LogP contribution is -2.46. The van der Waals surface area contributed by atoms with Gasteiger partial charge in [-0.1, -0.05) is 11.6 Å². The minimum absolute atomic E-state index is 0.00398. The van der Waals surface area contributed by atoms with Gasteiger partial charge in [0, 0.05) is 38.8 Å². The molecule has 2 saturated heterocycles. The smallest absolute Gasteiger partial charge is 0.317 e. The molecular formula is C22H34ClN5O4. The number of urea groups is 1. The van der Waals surface area contributed by atoms with Gasteiger partial charge in [-0.05, 0) is 44.3 Å². The van der Waals surface area contributed by atoms with Crippen LogP contribution in [-0.4, -0.2) is 87.9 Å². The predicted molar refractivity (Wildman–Crippen MR) is 124 cm³/mol. The number of carbonyl (C=O) groups is 2. The Morgan fingerprint density at radius 2 is 2.00 bits per heavy atom. The topological polar surface area (TPSA) is 109 Å². The summed E-state index contributed by atoms with van der Waals surface area (Å²) in [6, 6.07) is 3.12. The summed E-state index contributed by atoms with van der Waals surface area (Å²) in [5.74, 6) is 0.617. The van der Waals surface area contributed by atoms with E-state index < -0.39 is 0 Å². The zero-order valence-electron chi connectivity index (χ0n) is 18.7. The summed E-state index contributed by atoms with van der Waals surface area (Å²) in [5.41, 5.74) is 6.56. The molecule has 4 N–H and O–H groups in total. The molecule has 0 saturated carbocycles. The van der Waals surface area contributed by atoms with Crippen molar-refractivity contribution in [1.82, 2.24) is 20.4 Å². The molecule has 0 radical (unpaired) electrons.